The lowest BCUT2D eigenvalue weighted by molar-refractivity contribution is -0.137. The summed E-state index contributed by atoms with van der Waals surface area (Å²) in [6.45, 7) is 14.7. The van der Waals surface area contributed by atoms with Gasteiger partial charge in [0.05, 0.1) is 23.4 Å². The average molecular weight is 650 g/mol. The largest absolute Gasteiger partial charge is 0.444 e. The molecule has 1 atom stereocenters. The van der Waals surface area contributed by atoms with Crippen molar-refractivity contribution in [3.8, 4) is 0 Å². The van der Waals surface area contributed by atoms with Crippen molar-refractivity contribution in [3.63, 3.8) is 0 Å². The van der Waals surface area contributed by atoms with Gasteiger partial charge in [0, 0.05) is 5.54 Å². The summed E-state index contributed by atoms with van der Waals surface area (Å²) in [4.78, 5) is 51.1. The van der Waals surface area contributed by atoms with Gasteiger partial charge in [-0.25, -0.2) is 4.79 Å². The molecule has 0 spiro atoms. The van der Waals surface area contributed by atoms with Crippen LogP contribution in [0, 0.1) is 13.8 Å². The molecule has 13 heteroatoms. The zero-order valence-electron chi connectivity index (χ0n) is 27.8. The molecule has 2 rings (SSSR count). The van der Waals surface area contributed by atoms with E-state index in [0.717, 1.165) is 12.5 Å². The standard InChI is InChI=1S/C33H46F3N5O5/c1-20-9-10-22(21(2)17-20)13-15-37-16-14-26(29(44)41-31(3,4)5)39-27(42)19-38-28(43)24-18-23(33(34,35)36)11-12-25(24)40-30(45)46-32(6,7)8/h9-12,17-18,26,37H,13-16,19H2,1-8H3,(H,38,43)(H,39,42)(H,40,45)(H,41,44)/t26-/m0/s1. The third-order valence-corrected chi connectivity index (χ3v) is 6.47. The first kappa shape index (κ1) is 38.1. The maximum atomic E-state index is 13.4. The minimum Gasteiger partial charge on any atom is -0.444 e. The molecule has 0 fully saturated rings. The van der Waals surface area contributed by atoms with Gasteiger partial charge in [-0.1, -0.05) is 23.8 Å². The Morgan fingerprint density at radius 2 is 1.57 bits per heavy atom. The molecule has 0 aliphatic carbocycles. The number of anilines is 1. The number of aryl methyl sites for hydroxylation is 2. The second kappa shape index (κ2) is 15.9. The summed E-state index contributed by atoms with van der Waals surface area (Å²) in [5.74, 6) is -2.20. The number of amides is 4. The zero-order chi connectivity index (χ0) is 34.9. The third kappa shape index (κ3) is 13.5. The van der Waals surface area contributed by atoms with Crippen molar-refractivity contribution in [2.24, 2.45) is 0 Å². The van der Waals surface area contributed by atoms with E-state index in [0.29, 0.717) is 25.2 Å². The number of hydrogen-bond donors (Lipinski definition) is 5. The summed E-state index contributed by atoms with van der Waals surface area (Å²) < 4.78 is 45.4. The number of alkyl halides is 3. The van der Waals surface area contributed by atoms with Gasteiger partial charge in [0.1, 0.15) is 11.6 Å². The number of carbonyl (C=O) groups is 4. The van der Waals surface area contributed by atoms with Crippen molar-refractivity contribution in [3.05, 3.63) is 64.2 Å². The van der Waals surface area contributed by atoms with Crippen LogP contribution in [0.3, 0.4) is 0 Å². The van der Waals surface area contributed by atoms with E-state index < -0.39 is 64.8 Å². The molecule has 0 heterocycles. The number of halogens is 3. The Bertz CT molecular complexity index is 1400. The Kier molecular flexibility index (Phi) is 13.2. The van der Waals surface area contributed by atoms with Gasteiger partial charge in [0.15, 0.2) is 0 Å². The summed E-state index contributed by atoms with van der Waals surface area (Å²) in [7, 11) is 0. The molecule has 4 amide bonds. The minimum atomic E-state index is -4.77. The van der Waals surface area contributed by atoms with Crippen molar-refractivity contribution < 1.29 is 37.1 Å². The van der Waals surface area contributed by atoms with Gasteiger partial charge in [-0.2, -0.15) is 13.2 Å². The van der Waals surface area contributed by atoms with E-state index in [2.05, 4.69) is 51.7 Å². The van der Waals surface area contributed by atoms with E-state index in [1.807, 2.05) is 6.92 Å². The van der Waals surface area contributed by atoms with Crippen LogP contribution in [0.2, 0.25) is 0 Å². The Balaban J connectivity index is 2.08. The van der Waals surface area contributed by atoms with Crippen LogP contribution in [0.5, 0.6) is 0 Å². The van der Waals surface area contributed by atoms with Gasteiger partial charge in [-0.15, -0.1) is 0 Å². The molecule has 2 aromatic carbocycles. The van der Waals surface area contributed by atoms with Crippen LogP contribution in [0.15, 0.2) is 36.4 Å². The normalized spacial score (nSPS) is 12.6. The summed E-state index contributed by atoms with van der Waals surface area (Å²) in [5.41, 5.74) is 0.208. The van der Waals surface area contributed by atoms with Crippen LogP contribution in [-0.2, 0) is 26.9 Å². The number of nitrogens with one attached hydrogen (secondary N) is 5. The zero-order valence-corrected chi connectivity index (χ0v) is 27.8. The summed E-state index contributed by atoms with van der Waals surface area (Å²) in [5, 5.41) is 13.3. The predicted octanol–water partition coefficient (Wildman–Crippen LogP) is 5.02. The van der Waals surface area contributed by atoms with E-state index in [1.54, 1.807) is 41.5 Å². The Labute approximate surface area is 268 Å². The Morgan fingerprint density at radius 1 is 0.891 bits per heavy atom. The molecule has 46 heavy (non-hydrogen) atoms. The SMILES string of the molecule is Cc1ccc(CCNCC[C@H](NC(=O)CNC(=O)c2cc(C(F)(F)F)ccc2NC(=O)OC(C)(C)C)C(=O)NC(C)(C)C)c(C)c1. The van der Waals surface area contributed by atoms with Crippen molar-refractivity contribution in [2.75, 3.05) is 25.0 Å². The molecule has 5 N–H and O–H groups in total. The first-order chi connectivity index (χ1) is 21.1. The van der Waals surface area contributed by atoms with Gasteiger partial charge >= 0.3 is 12.3 Å². The molecule has 2 aromatic rings. The smallest absolute Gasteiger partial charge is 0.416 e. The molecular formula is C33H46F3N5O5. The Morgan fingerprint density at radius 3 is 2.15 bits per heavy atom. The molecule has 0 unspecified atom stereocenters. The van der Waals surface area contributed by atoms with E-state index in [-0.39, 0.29) is 12.1 Å². The van der Waals surface area contributed by atoms with Crippen molar-refractivity contribution in [1.29, 1.82) is 0 Å². The monoisotopic (exact) mass is 649 g/mol. The second-order valence-electron chi connectivity index (χ2n) is 13.1. The molecule has 0 radical (unpaired) electrons. The first-order valence-corrected chi connectivity index (χ1v) is 15.0. The van der Waals surface area contributed by atoms with Gasteiger partial charge in [0.2, 0.25) is 11.8 Å². The highest BCUT2D eigenvalue weighted by Gasteiger charge is 2.32. The van der Waals surface area contributed by atoms with Crippen LogP contribution in [0.25, 0.3) is 0 Å². The minimum absolute atomic E-state index is 0.241. The first-order valence-electron chi connectivity index (χ1n) is 15.0. The van der Waals surface area contributed by atoms with Gasteiger partial charge in [0.25, 0.3) is 5.91 Å². The van der Waals surface area contributed by atoms with Crippen LogP contribution >= 0.6 is 0 Å². The van der Waals surface area contributed by atoms with Crippen molar-refractivity contribution in [1.82, 2.24) is 21.3 Å². The average Bonchev–Trinajstić information content (AvgIpc) is 2.89. The van der Waals surface area contributed by atoms with Crippen LogP contribution in [0.4, 0.5) is 23.7 Å². The second-order valence-corrected chi connectivity index (χ2v) is 13.1. The van der Waals surface area contributed by atoms with E-state index in [4.69, 9.17) is 4.74 Å². The highest BCUT2D eigenvalue weighted by atomic mass is 19.4. The van der Waals surface area contributed by atoms with Gasteiger partial charge in [-0.05, 0) is 111 Å². The molecule has 10 nitrogen and oxygen atoms in total. The number of rotatable bonds is 12. The molecule has 0 saturated carbocycles. The van der Waals surface area contributed by atoms with Gasteiger partial charge in [-0.3, -0.25) is 19.7 Å². The summed E-state index contributed by atoms with van der Waals surface area (Å²) in [6, 6.07) is 7.51. The van der Waals surface area contributed by atoms with Crippen LogP contribution in [-0.4, -0.2) is 60.6 Å². The van der Waals surface area contributed by atoms with Gasteiger partial charge < -0.3 is 26.0 Å². The van der Waals surface area contributed by atoms with Crippen LogP contribution < -0.4 is 26.6 Å². The fourth-order valence-corrected chi connectivity index (χ4v) is 4.38. The molecule has 0 bridgehead atoms. The van der Waals surface area contributed by atoms with E-state index in [1.165, 1.54) is 16.7 Å². The Hall–Kier alpha value is -4.13. The third-order valence-electron chi connectivity index (χ3n) is 6.47. The lowest BCUT2D eigenvalue weighted by atomic mass is 10.0. The lowest BCUT2D eigenvalue weighted by Crippen LogP contribution is -2.54. The van der Waals surface area contributed by atoms with Crippen molar-refractivity contribution in [2.45, 2.75) is 91.6 Å². The number of hydrogen-bond acceptors (Lipinski definition) is 6. The summed E-state index contributed by atoms with van der Waals surface area (Å²) in [6.07, 6.45) is -4.72. The quantitative estimate of drug-likeness (QED) is 0.205. The number of ether oxygens (including phenoxy) is 1. The number of carbonyl (C=O) groups excluding carboxylic acids is 4. The molecule has 0 aromatic heterocycles. The van der Waals surface area contributed by atoms with Crippen LogP contribution in [0.1, 0.15) is 80.6 Å². The molecule has 0 aliphatic rings. The molecule has 254 valence electrons. The maximum Gasteiger partial charge on any atom is 0.416 e. The highest BCUT2D eigenvalue weighted by molar-refractivity contribution is 6.04. The fourth-order valence-electron chi connectivity index (χ4n) is 4.38. The summed E-state index contributed by atoms with van der Waals surface area (Å²) >= 11 is 0. The lowest BCUT2D eigenvalue weighted by Gasteiger charge is -2.26. The molecular weight excluding hydrogens is 603 g/mol. The highest BCUT2D eigenvalue weighted by Crippen LogP contribution is 2.32. The van der Waals surface area contributed by atoms with Crippen molar-refractivity contribution >= 4 is 29.5 Å². The molecule has 0 saturated heterocycles. The maximum absolute atomic E-state index is 13.4. The molecule has 0 aliphatic heterocycles. The number of benzene rings is 2. The topological polar surface area (TPSA) is 138 Å². The van der Waals surface area contributed by atoms with E-state index >= 15 is 0 Å². The van der Waals surface area contributed by atoms with E-state index in [9.17, 15) is 32.3 Å². The fraction of sp³-hybridized carbons (Fsp3) is 0.515. The predicted molar refractivity (Wildman–Crippen MR) is 171 cm³/mol.